The number of amides is 2. The molecule has 6 aromatic rings. The van der Waals surface area contributed by atoms with Crippen molar-refractivity contribution in [3.8, 4) is 0 Å². The zero-order valence-electron chi connectivity index (χ0n) is 40.0. The van der Waals surface area contributed by atoms with Gasteiger partial charge in [-0.1, -0.05) is 53.5 Å². The Balaban J connectivity index is 0.000000219. The first-order chi connectivity index (χ1) is 35.5. The minimum absolute atomic E-state index is 0.0548. The molecule has 4 N–H and O–H groups in total. The molecule has 0 aromatic heterocycles. The number of anilines is 2. The molecule has 75 heavy (non-hydrogen) atoms. The molecule has 0 unspecified atom stereocenters. The molecule has 2 aliphatic rings. The number of nitrogens with one attached hydrogen (secondary N) is 4. The van der Waals surface area contributed by atoms with Crippen LogP contribution >= 0.6 is 23.2 Å². The van der Waals surface area contributed by atoms with Crippen LogP contribution in [0.3, 0.4) is 0 Å². The fourth-order valence-electron chi connectivity index (χ4n) is 8.33. The van der Waals surface area contributed by atoms with Crippen LogP contribution in [0.15, 0.2) is 155 Å². The lowest BCUT2D eigenvalue weighted by Gasteiger charge is -2.31. The van der Waals surface area contributed by atoms with Gasteiger partial charge in [-0.2, -0.15) is 35.0 Å². The normalized spacial score (nSPS) is 15.4. The molecule has 0 atom stereocenters. The average Bonchev–Trinajstić information content (AvgIpc) is 3.39. The van der Waals surface area contributed by atoms with E-state index in [9.17, 15) is 52.8 Å². The fraction of sp³-hybridized carbons (Fsp3) is 0.283. The number of alkyl halides is 6. The van der Waals surface area contributed by atoms with Crippen molar-refractivity contribution in [3.63, 3.8) is 0 Å². The first-order valence-corrected chi connectivity index (χ1v) is 27.3. The van der Waals surface area contributed by atoms with Gasteiger partial charge in [-0.25, -0.2) is 16.8 Å². The van der Waals surface area contributed by atoms with Crippen LogP contribution in [-0.2, 0) is 45.4 Å². The van der Waals surface area contributed by atoms with Gasteiger partial charge in [-0.05, 0) is 165 Å². The molecule has 2 fully saturated rings. The van der Waals surface area contributed by atoms with Crippen molar-refractivity contribution in [1.29, 1.82) is 0 Å². The molecular formula is C53H52Cl2F6N6O6S2. The van der Waals surface area contributed by atoms with Crippen LogP contribution < -0.4 is 21.3 Å². The summed E-state index contributed by atoms with van der Waals surface area (Å²) in [6.45, 7) is 2.21. The lowest BCUT2D eigenvalue weighted by molar-refractivity contribution is -0.138. The molecule has 12 nitrogen and oxygen atoms in total. The quantitative estimate of drug-likeness (QED) is 0.0741. The van der Waals surface area contributed by atoms with Crippen LogP contribution in [0.4, 0.5) is 37.7 Å². The molecular weight excluding hydrogens is 1070 g/mol. The second kappa shape index (κ2) is 24.9. The second-order valence-electron chi connectivity index (χ2n) is 17.8. The van der Waals surface area contributed by atoms with E-state index in [1.165, 1.54) is 51.1 Å². The molecule has 0 aliphatic carbocycles. The summed E-state index contributed by atoms with van der Waals surface area (Å²) in [6.07, 6.45) is -5.94. The van der Waals surface area contributed by atoms with Crippen molar-refractivity contribution in [3.05, 3.63) is 189 Å². The Labute approximate surface area is 441 Å². The third kappa shape index (κ3) is 15.9. The summed E-state index contributed by atoms with van der Waals surface area (Å²) >= 11 is 11.7. The van der Waals surface area contributed by atoms with E-state index in [2.05, 4.69) is 21.3 Å². The molecule has 8 rings (SSSR count). The van der Waals surface area contributed by atoms with E-state index in [1.807, 2.05) is 0 Å². The van der Waals surface area contributed by atoms with Gasteiger partial charge in [0, 0.05) is 77.4 Å². The molecule has 2 saturated heterocycles. The van der Waals surface area contributed by atoms with E-state index in [0.29, 0.717) is 109 Å². The van der Waals surface area contributed by atoms with Gasteiger partial charge in [0.25, 0.3) is 11.8 Å². The van der Waals surface area contributed by atoms with E-state index < -0.39 is 43.5 Å². The highest BCUT2D eigenvalue weighted by Crippen LogP contribution is 2.31. The molecule has 0 saturated carbocycles. The number of benzene rings is 6. The Morgan fingerprint density at radius 3 is 1.33 bits per heavy atom. The smallest absolute Gasteiger partial charge is 0.322 e. The number of carbonyl (C=O) groups excluding carboxylic acids is 2. The van der Waals surface area contributed by atoms with Gasteiger partial charge in [-0.3, -0.25) is 9.59 Å². The molecule has 22 heteroatoms. The van der Waals surface area contributed by atoms with Gasteiger partial charge in [0.2, 0.25) is 20.0 Å². The third-order valence-corrected chi connectivity index (χ3v) is 16.9. The minimum Gasteiger partial charge on any atom is -0.322 e. The van der Waals surface area contributed by atoms with E-state index in [-0.39, 0.29) is 33.7 Å². The largest absolute Gasteiger partial charge is 0.416 e. The van der Waals surface area contributed by atoms with Crippen molar-refractivity contribution >= 4 is 66.4 Å². The summed E-state index contributed by atoms with van der Waals surface area (Å²) in [5.41, 5.74) is 1.76. The van der Waals surface area contributed by atoms with E-state index in [1.54, 1.807) is 78.9 Å². The van der Waals surface area contributed by atoms with Gasteiger partial charge >= 0.3 is 12.4 Å². The summed E-state index contributed by atoms with van der Waals surface area (Å²) in [7, 11) is -7.40. The number of rotatable bonds is 15. The molecule has 0 bridgehead atoms. The fourth-order valence-corrected chi connectivity index (χ4v) is 11.5. The lowest BCUT2D eigenvalue weighted by Crippen LogP contribution is -2.45. The number of piperidine rings is 2. The minimum atomic E-state index is -4.37. The lowest BCUT2D eigenvalue weighted by atomic mass is 10.1. The third-order valence-electron chi connectivity index (χ3n) is 12.6. The van der Waals surface area contributed by atoms with E-state index in [4.69, 9.17) is 23.2 Å². The maximum Gasteiger partial charge on any atom is 0.416 e. The Bertz CT molecular complexity index is 3100. The summed E-state index contributed by atoms with van der Waals surface area (Å²) < 4.78 is 132. The van der Waals surface area contributed by atoms with Crippen molar-refractivity contribution in [2.45, 2.75) is 72.9 Å². The predicted molar refractivity (Wildman–Crippen MR) is 277 cm³/mol. The Morgan fingerprint density at radius 1 is 0.507 bits per heavy atom. The number of carbonyl (C=O) groups is 2. The van der Waals surface area contributed by atoms with Gasteiger partial charge in [0.15, 0.2) is 0 Å². The highest BCUT2D eigenvalue weighted by molar-refractivity contribution is 7.89. The molecule has 2 aliphatic heterocycles. The van der Waals surface area contributed by atoms with Gasteiger partial charge < -0.3 is 21.3 Å². The molecule has 0 spiro atoms. The number of nitrogens with zero attached hydrogens (tertiary/aromatic N) is 2. The monoisotopic (exact) mass is 1120 g/mol. The van der Waals surface area contributed by atoms with Gasteiger partial charge in [0.1, 0.15) is 0 Å². The Hall–Kier alpha value is -5.84. The van der Waals surface area contributed by atoms with Crippen LogP contribution in [0.5, 0.6) is 0 Å². The highest BCUT2D eigenvalue weighted by atomic mass is 35.5. The summed E-state index contributed by atoms with van der Waals surface area (Å²) in [6, 6.07) is 35.3. The maximum atomic E-state index is 13.1. The molecule has 2 heterocycles. The standard InChI is InChI=1S/C27H27ClF3N3O3S.C26H25ClF3N3O3S/c28-22-6-4-20(5-7-22)26(35)33-24-8-10-25(11-9-24)38(36,37)34-16-13-23(14-17-34)32-15-12-19-2-1-3-21(18-19)27(29,30)31;27-21-7-3-19(4-8-21)25(34)32-23-9-11-24(12-10-23)37(35,36)33-15-13-22(14-16-33)31-17-18-1-5-20(6-2-18)26(28,29)30/h1-11,18,23,32H,12-17H2,(H,33,35);1-12,22,31H,13-17H2,(H,32,34). The summed E-state index contributed by atoms with van der Waals surface area (Å²) in [5.74, 6) is -0.668. The number of hydrogen-bond acceptors (Lipinski definition) is 8. The number of sulfonamides is 2. The van der Waals surface area contributed by atoms with Crippen molar-refractivity contribution in [2.24, 2.45) is 0 Å². The molecule has 2 amide bonds. The zero-order chi connectivity index (χ0) is 54.0. The molecule has 0 radical (unpaired) electrons. The Kier molecular flexibility index (Phi) is 18.9. The number of halogens is 8. The number of hydrogen-bond donors (Lipinski definition) is 4. The first-order valence-electron chi connectivity index (χ1n) is 23.7. The SMILES string of the molecule is O=C(Nc1ccc(S(=O)(=O)N2CCC(NCCc3cccc(C(F)(F)F)c3)CC2)cc1)c1ccc(Cl)cc1.O=C(Nc1ccc(S(=O)(=O)N2CCC(NCc3ccc(C(F)(F)F)cc3)CC2)cc1)c1ccc(Cl)cc1. The molecule has 6 aromatic carbocycles. The van der Waals surface area contributed by atoms with Crippen LogP contribution in [0.2, 0.25) is 10.0 Å². The van der Waals surface area contributed by atoms with Crippen LogP contribution in [0.1, 0.15) is 68.7 Å². The summed E-state index contributed by atoms with van der Waals surface area (Å²) in [4.78, 5) is 25.0. The van der Waals surface area contributed by atoms with E-state index >= 15 is 0 Å². The predicted octanol–water partition coefficient (Wildman–Crippen LogP) is 11.2. The Morgan fingerprint density at radius 2 is 0.920 bits per heavy atom. The van der Waals surface area contributed by atoms with Gasteiger partial charge in [0.05, 0.1) is 20.9 Å². The van der Waals surface area contributed by atoms with Crippen molar-refractivity contribution in [2.75, 3.05) is 43.4 Å². The van der Waals surface area contributed by atoms with Crippen molar-refractivity contribution < 1.29 is 52.8 Å². The van der Waals surface area contributed by atoms with Crippen LogP contribution in [0, 0.1) is 0 Å². The topological polar surface area (TPSA) is 157 Å². The molecule has 398 valence electrons. The second-order valence-corrected chi connectivity index (χ2v) is 22.6. The zero-order valence-corrected chi connectivity index (χ0v) is 43.1. The van der Waals surface area contributed by atoms with Crippen molar-refractivity contribution in [1.82, 2.24) is 19.2 Å². The highest BCUT2D eigenvalue weighted by Gasteiger charge is 2.33. The van der Waals surface area contributed by atoms with Gasteiger partial charge in [-0.15, -0.1) is 0 Å². The van der Waals surface area contributed by atoms with Crippen LogP contribution in [-0.4, -0.2) is 82.1 Å². The maximum absolute atomic E-state index is 13.1. The summed E-state index contributed by atoms with van der Waals surface area (Å²) in [5, 5.41) is 13.1. The van der Waals surface area contributed by atoms with Crippen LogP contribution in [0.25, 0.3) is 0 Å². The first kappa shape index (κ1) is 56.9. The average molecular weight is 1120 g/mol. The van der Waals surface area contributed by atoms with E-state index in [0.717, 1.165) is 29.8 Å².